The van der Waals surface area contributed by atoms with E-state index in [1.165, 1.54) is 22.1 Å². The molecule has 3 aromatic carbocycles. The summed E-state index contributed by atoms with van der Waals surface area (Å²) in [5.41, 5.74) is 8.34. The van der Waals surface area contributed by atoms with Crippen molar-refractivity contribution in [1.29, 1.82) is 0 Å². The quantitative estimate of drug-likeness (QED) is 0.205. The molecule has 6 aromatic rings. The number of nitrogens with zero attached hydrogens (tertiary/aromatic N) is 4. The first-order chi connectivity index (χ1) is 21.5. The Kier molecular flexibility index (Phi) is 5.68. The van der Waals surface area contributed by atoms with Gasteiger partial charge >= 0.3 is 0 Å². The fraction of sp³-hybridized carbons (Fsp3) is 0.256. The van der Waals surface area contributed by atoms with E-state index in [0.29, 0.717) is 5.90 Å². The highest BCUT2D eigenvalue weighted by atomic mass is 16.5. The maximum atomic E-state index is 6.85. The SMILES string of the molecule is Cc1cc(Oc2cc(C)cc(-n3c4ccc(C)cc4c4cccnc43)c2)cc(C2=N[C@]3(C)c4ccncc4C(C)(C)[C@]3(C)O2)c1. The standard InChI is InChI=1S/C39H36N4O2/c1-23-10-11-34-31(19-23)30-9-8-13-41-35(30)43(34)27-16-25(3)18-29(21-27)44-28-17-24(2)15-26(20-28)36-42-38(6)32-12-14-40-22-33(32)37(4,5)39(38,7)45-36/h8-22H,1-7H3/t38-,39+/m1/s1. The molecule has 0 unspecified atom stereocenters. The topological polar surface area (TPSA) is 61.5 Å². The zero-order chi connectivity index (χ0) is 31.3. The number of hydrogen-bond donors (Lipinski definition) is 0. The van der Waals surface area contributed by atoms with Crippen LogP contribution in [0.15, 0.2) is 96.4 Å². The van der Waals surface area contributed by atoms with Gasteiger partial charge in [0, 0.05) is 46.4 Å². The molecule has 0 amide bonds. The maximum Gasteiger partial charge on any atom is 0.217 e. The molecule has 0 radical (unpaired) electrons. The van der Waals surface area contributed by atoms with Crippen molar-refractivity contribution >= 4 is 27.8 Å². The van der Waals surface area contributed by atoms with Gasteiger partial charge in [-0.15, -0.1) is 0 Å². The highest BCUT2D eigenvalue weighted by molar-refractivity contribution is 6.08. The van der Waals surface area contributed by atoms with Crippen LogP contribution in [0.1, 0.15) is 61.1 Å². The first-order valence-corrected chi connectivity index (χ1v) is 15.5. The zero-order valence-electron chi connectivity index (χ0n) is 26.8. The average molecular weight is 593 g/mol. The largest absolute Gasteiger partial charge is 0.467 e. The van der Waals surface area contributed by atoms with Crippen molar-refractivity contribution in [3.05, 3.63) is 125 Å². The predicted molar refractivity (Wildman–Crippen MR) is 180 cm³/mol. The van der Waals surface area contributed by atoms with Crippen LogP contribution in [0.5, 0.6) is 11.5 Å². The minimum Gasteiger partial charge on any atom is -0.467 e. The second kappa shape index (κ2) is 9.27. The molecule has 3 aromatic heterocycles. The van der Waals surface area contributed by atoms with E-state index < -0.39 is 11.1 Å². The summed E-state index contributed by atoms with van der Waals surface area (Å²) in [5, 5.41) is 2.33. The molecule has 224 valence electrons. The summed E-state index contributed by atoms with van der Waals surface area (Å²) in [6.07, 6.45) is 5.67. The molecule has 2 aliphatic rings. The highest BCUT2D eigenvalue weighted by Gasteiger charge is 2.68. The first kappa shape index (κ1) is 27.6. The van der Waals surface area contributed by atoms with E-state index in [9.17, 15) is 0 Å². The van der Waals surface area contributed by atoms with Crippen LogP contribution in [-0.2, 0) is 15.7 Å². The Morgan fingerprint density at radius 1 is 0.733 bits per heavy atom. The number of aromatic nitrogens is 3. The lowest BCUT2D eigenvalue weighted by Crippen LogP contribution is -2.51. The number of ether oxygens (including phenoxy) is 2. The fourth-order valence-corrected chi connectivity index (χ4v) is 7.58. The normalized spacial score (nSPS) is 21.4. The minimum atomic E-state index is -0.564. The van der Waals surface area contributed by atoms with Gasteiger partial charge in [-0.2, -0.15) is 0 Å². The summed E-state index contributed by atoms with van der Waals surface area (Å²) in [5.74, 6) is 2.13. The van der Waals surface area contributed by atoms with Crippen molar-refractivity contribution in [2.24, 2.45) is 4.99 Å². The molecule has 8 rings (SSSR count). The Labute approximate surface area is 263 Å². The van der Waals surface area contributed by atoms with Crippen LogP contribution in [0.4, 0.5) is 0 Å². The molecule has 45 heavy (non-hydrogen) atoms. The van der Waals surface area contributed by atoms with Gasteiger partial charge in [0.25, 0.3) is 0 Å². The minimum absolute atomic E-state index is 0.280. The molecule has 0 spiro atoms. The number of fused-ring (bicyclic) bond motifs is 6. The van der Waals surface area contributed by atoms with Gasteiger partial charge in [0.15, 0.2) is 0 Å². The molecular weight excluding hydrogens is 556 g/mol. The molecule has 4 heterocycles. The average Bonchev–Trinajstić information content (AvgIpc) is 3.52. The Balaban J connectivity index is 1.19. The van der Waals surface area contributed by atoms with Crippen LogP contribution in [0.3, 0.4) is 0 Å². The van der Waals surface area contributed by atoms with Crippen LogP contribution in [-0.4, -0.2) is 26.0 Å². The molecule has 0 saturated carbocycles. The molecule has 6 heteroatoms. The Morgan fingerprint density at radius 3 is 2.33 bits per heavy atom. The van der Waals surface area contributed by atoms with E-state index in [1.807, 2.05) is 30.7 Å². The van der Waals surface area contributed by atoms with E-state index in [1.54, 1.807) is 0 Å². The summed E-state index contributed by atoms with van der Waals surface area (Å²) in [6.45, 7) is 15.1. The molecule has 0 saturated heterocycles. The van der Waals surface area contributed by atoms with Crippen LogP contribution in [0, 0.1) is 20.8 Å². The number of hydrogen-bond acceptors (Lipinski definition) is 5. The maximum absolute atomic E-state index is 6.85. The zero-order valence-corrected chi connectivity index (χ0v) is 26.8. The van der Waals surface area contributed by atoms with Gasteiger partial charge in [-0.3, -0.25) is 9.55 Å². The van der Waals surface area contributed by atoms with Gasteiger partial charge in [-0.25, -0.2) is 9.98 Å². The van der Waals surface area contributed by atoms with E-state index in [-0.39, 0.29) is 5.41 Å². The third-order valence-corrected chi connectivity index (χ3v) is 10.3. The number of aryl methyl sites for hydroxylation is 3. The number of aliphatic imine (C=N–C) groups is 1. The smallest absolute Gasteiger partial charge is 0.217 e. The van der Waals surface area contributed by atoms with E-state index in [2.05, 4.69) is 119 Å². The lowest BCUT2D eigenvalue weighted by atomic mass is 9.71. The highest BCUT2D eigenvalue weighted by Crippen LogP contribution is 2.61. The second-order valence-corrected chi connectivity index (χ2v) is 13.5. The van der Waals surface area contributed by atoms with Crippen molar-refractivity contribution in [2.45, 2.75) is 65.0 Å². The number of benzene rings is 3. The summed E-state index contributed by atoms with van der Waals surface area (Å²) >= 11 is 0. The summed E-state index contributed by atoms with van der Waals surface area (Å²) < 4.78 is 15.7. The Bertz CT molecular complexity index is 2230. The van der Waals surface area contributed by atoms with Gasteiger partial charge < -0.3 is 9.47 Å². The van der Waals surface area contributed by atoms with Gasteiger partial charge in [-0.1, -0.05) is 25.5 Å². The lowest BCUT2D eigenvalue weighted by molar-refractivity contribution is -0.0136. The van der Waals surface area contributed by atoms with Crippen LogP contribution in [0.2, 0.25) is 0 Å². The molecule has 0 fully saturated rings. The molecule has 6 nitrogen and oxygen atoms in total. The number of pyridine rings is 2. The van der Waals surface area contributed by atoms with Gasteiger partial charge in [0.05, 0.1) is 11.2 Å². The van der Waals surface area contributed by atoms with E-state index in [0.717, 1.165) is 50.4 Å². The lowest BCUT2D eigenvalue weighted by Gasteiger charge is -2.41. The van der Waals surface area contributed by atoms with E-state index >= 15 is 0 Å². The van der Waals surface area contributed by atoms with Crippen LogP contribution < -0.4 is 4.74 Å². The van der Waals surface area contributed by atoms with Gasteiger partial charge in [0.2, 0.25) is 5.90 Å². The fourth-order valence-electron chi connectivity index (χ4n) is 7.58. The van der Waals surface area contributed by atoms with Crippen molar-refractivity contribution < 1.29 is 9.47 Å². The van der Waals surface area contributed by atoms with Gasteiger partial charge in [-0.05, 0) is 118 Å². The van der Waals surface area contributed by atoms with Crippen LogP contribution in [0.25, 0.3) is 27.6 Å². The summed E-state index contributed by atoms with van der Waals surface area (Å²) in [6, 6.07) is 25.3. The summed E-state index contributed by atoms with van der Waals surface area (Å²) in [4.78, 5) is 14.5. The van der Waals surface area contributed by atoms with Crippen molar-refractivity contribution in [3.8, 4) is 17.2 Å². The number of rotatable bonds is 4. The predicted octanol–water partition coefficient (Wildman–Crippen LogP) is 9.03. The molecule has 0 bridgehead atoms. The molecule has 2 atom stereocenters. The monoisotopic (exact) mass is 592 g/mol. The van der Waals surface area contributed by atoms with Gasteiger partial charge in [0.1, 0.15) is 28.3 Å². The third kappa shape index (κ3) is 3.84. The van der Waals surface area contributed by atoms with E-state index in [4.69, 9.17) is 19.5 Å². The summed E-state index contributed by atoms with van der Waals surface area (Å²) in [7, 11) is 0. The van der Waals surface area contributed by atoms with Crippen molar-refractivity contribution in [3.63, 3.8) is 0 Å². The third-order valence-electron chi connectivity index (χ3n) is 10.3. The Hall–Kier alpha value is -4.97. The molecule has 1 aliphatic carbocycles. The van der Waals surface area contributed by atoms with Crippen molar-refractivity contribution in [1.82, 2.24) is 14.5 Å². The molecule has 0 N–H and O–H groups in total. The second-order valence-electron chi connectivity index (χ2n) is 13.5. The molecular formula is C39H36N4O2. The Morgan fingerprint density at radius 2 is 1.51 bits per heavy atom. The molecule has 1 aliphatic heterocycles. The first-order valence-electron chi connectivity index (χ1n) is 15.5. The van der Waals surface area contributed by atoms with Crippen LogP contribution >= 0.6 is 0 Å². The van der Waals surface area contributed by atoms with Crippen molar-refractivity contribution in [2.75, 3.05) is 0 Å².